The maximum Gasteiger partial charge on any atom is 0.346 e. The Bertz CT molecular complexity index is 594. The van der Waals surface area contributed by atoms with Crippen LogP contribution in [0.15, 0.2) is 24.3 Å². The lowest BCUT2D eigenvalue weighted by molar-refractivity contribution is 0.0701. The molecule has 0 spiro atoms. The van der Waals surface area contributed by atoms with Gasteiger partial charge in [0, 0.05) is 17.8 Å². The fourth-order valence-corrected chi connectivity index (χ4v) is 3.31. The van der Waals surface area contributed by atoms with Gasteiger partial charge in [0.1, 0.15) is 4.88 Å². The maximum absolute atomic E-state index is 11.3. The molecular formula is C15H19NO3S. The molecule has 0 aliphatic carbocycles. The van der Waals surface area contributed by atoms with Gasteiger partial charge in [0.05, 0.1) is 6.10 Å². The number of hydrogen-bond acceptors (Lipinski definition) is 4. The predicted molar refractivity (Wildman–Crippen MR) is 81.4 cm³/mol. The summed E-state index contributed by atoms with van der Waals surface area (Å²) in [5, 5.41) is 23.1. The van der Waals surface area contributed by atoms with E-state index < -0.39 is 5.97 Å². The monoisotopic (exact) mass is 293 g/mol. The first-order valence-electron chi connectivity index (χ1n) is 6.76. The van der Waals surface area contributed by atoms with Crippen molar-refractivity contribution in [3.63, 3.8) is 0 Å². The molecule has 0 aliphatic rings. The van der Waals surface area contributed by atoms with E-state index in [4.69, 9.17) is 0 Å². The molecule has 4 nitrogen and oxygen atoms in total. The molecule has 0 aliphatic heterocycles. The number of aromatic carboxylic acids is 1. The number of aliphatic hydroxyl groups is 1. The molecule has 5 heteroatoms. The second kappa shape index (κ2) is 6.83. The number of thiophene rings is 1. The number of nitrogens with one attached hydrogen (secondary N) is 1. The molecule has 1 heterocycles. The SMILES string of the molecule is CCCC(O)CNCc1c(C(=O)O)sc2ccccc12. The lowest BCUT2D eigenvalue weighted by atomic mass is 10.1. The van der Waals surface area contributed by atoms with Gasteiger partial charge < -0.3 is 15.5 Å². The molecule has 2 aromatic rings. The molecule has 3 N–H and O–H groups in total. The largest absolute Gasteiger partial charge is 0.477 e. The number of carboxylic acid groups (broad SMARTS) is 1. The summed E-state index contributed by atoms with van der Waals surface area (Å²) < 4.78 is 0.982. The summed E-state index contributed by atoms with van der Waals surface area (Å²) >= 11 is 1.30. The maximum atomic E-state index is 11.3. The first-order chi connectivity index (χ1) is 9.63. The van der Waals surface area contributed by atoms with E-state index >= 15 is 0 Å². The highest BCUT2D eigenvalue weighted by Gasteiger charge is 2.17. The Hall–Kier alpha value is -1.43. The minimum atomic E-state index is -0.892. The molecule has 0 amide bonds. The number of rotatable bonds is 7. The van der Waals surface area contributed by atoms with Crippen molar-refractivity contribution in [3.05, 3.63) is 34.7 Å². The Morgan fingerprint density at radius 2 is 2.15 bits per heavy atom. The summed E-state index contributed by atoms with van der Waals surface area (Å²) in [6.07, 6.45) is 1.31. The summed E-state index contributed by atoms with van der Waals surface area (Å²) in [6, 6.07) is 7.70. The van der Waals surface area contributed by atoms with Crippen LogP contribution in [0.2, 0.25) is 0 Å². The molecule has 0 saturated carbocycles. The van der Waals surface area contributed by atoms with E-state index in [0.29, 0.717) is 18.0 Å². The molecule has 20 heavy (non-hydrogen) atoms. The molecule has 1 aromatic heterocycles. The van der Waals surface area contributed by atoms with Crippen LogP contribution in [0, 0.1) is 0 Å². The Morgan fingerprint density at radius 1 is 1.40 bits per heavy atom. The zero-order valence-corrected chi connectivity index (χ0v) is 12.2. The van der Waals surface area contributed by atoms with Crippen LogP contribution in [0.4, 0.5) is 0 Å². The number of benzene rings is 1. The number of fused-ring (bicyclic) bond motifs is 1. The van der Waals surface area contributed by atoms with Gasteiger partial charge in [0.25, 0.3) is 0 Å². The molecule has 2 rings (SSSR count). The minimum absolute atomic E-state index is 0.377. The third-order valence-electron chi connectivity index (χ3n) is 3.20. The molecule has 0 fully saturated rings. The Labute approximate surface area is 122 Å². The summed E-state index contributed by atoms with van der Waals surface area (Å²) in [5.41, 5.74) is 0.807. The fourth-order valence-electron chi connectivity index (χ4n) is 2.25. The van der Waals surface area contributed by atoms with Gasteiger partial charge in [-0.2, -0.15) is 0 Å². The first kappa shape index (κ1) is 15.0. The quantitative estimate of drug-likeness (QED) is 0.734. The second-order valence-corrected chi connectivity index (χ2v) is 5.84. The van der Waals surface area contributed by atoms with E-state index in [2.05, 4.69) is 5.32 Å². The average molecular weight is 293 g/mol. The Kier molecular flexibility index (Phi) is 5.11. The molecule has 1 atom stereocenters. The predicted octanol–water partition coefficient (Wildman–Crippen LogP) is 2.85. The molecule has 108 valence electrons. The van der Waals surface area contributed by atoms with Gasteiger partial charge in [-0.25, -0.2) is 4.79 Å². The molecule has 1 aromatic carbocycles. The van der Waals surface area contributed by atoms with E-state index in [0.717, 1.165) is 28.5 Å². The molecule has 0 saturated heterocycles. The van der Waals surface area contributed by atoms with E-state index in [1.165, 1.54) is 11.3 Å². The van der Waals surface area contributed by atoms with E-state index in [1.807, 2.05) is 31.2 Å². The molecular weight excluding hydrogens is 274 g/mol. The van der Waals surface area contributed by atoms with Gasteiger partial charge in [-0.1, -0.05) is 31.5 Å². The standard InChI is InChI=1S/C15H19NO3S/c1-2-5-10(17)8-16-9-12-11-6-3-4-7-13(11)20-14(12)15(18)19/h3-4,6-7,10,16-17H,2,5,8-9H2,1H3,(H,18,19). The van der Waals surface area contributed by atoms with Crippen molar-refractivity contribution < 1.29 is 15.0 Å². The smallest absolute Gasteiger partial charge is 0.346 e. The zero-order valence-electron chi connectivity index (χ0n) is 11.4. The van der Waals surface area contributed by atoms with Crippen molar-refractivity contribution >= 4 is 27.4 Å². The third kappa shape index (κ3) is 3.36. The van der Waals surface area contributed by atoms with Crippen LogP contribution in [0.1, 0.15) is 35.0 Å². The van der Waals surface area contributed by atoms with Gasteiger partial charge in [0.15, 0.2) is 0 Å². The average Bonchev–Trinajstić information content (AvgIpc) is 2.78. The summed E-state index contributed by atoms with van der Waals surface area (Å²) in [4.78, 5) is 11.7. The van der Waals surface area contributed by atoms with Gasteiger partial charge in [-0.15, -0.1) is 11.3 Å². The second-order valence-electron chi connectivity index (χ2n) is 4.78. The topological polar surface area (TPSA) is 69.6 Å². The van der Waals surface area contributed by atoms with Crippen LogP contribution in [0.3, 0.4) is 0 Å². The van der Waals surface area contributed by atoms with Crippen molar-refractivity contribution in [1.29, 1.82) is 0 Å². The van der Waals surface area contributed by atoms with Crippen LogP contribution in [0.25, 0.3) is 10.1 Å². The van der Waals surface area contributed by atoms with E-state index in [1.54, 1.807) is 0 Å². The lowest BCUT2D eigenvalue weighted by Crippen LogP contribution is -2.26. The van der Waals surface area contributed by atoms with Crippen molar-refractivity contribution in [3.8, 4) is 0 Å². The van der Waals surface area contributed by atoms with Crippen LogP contribution >= 0.6 is 11.3 Å². The highest BCUT2D eigenvalue weighted by Crippen LogP contribution is 2.31. The van der Waals surface area contributed by atoms with Gasteiger partial charge in [-0.3, -0.25) is 0 Å². The van der Waals surface area contributed by atoms with E-state index in [-0.39, 0.29) is 6.10 Å². The summed E-state index contributed by atoms with van der Waals surface area (Å²) in [7, 11) is 0. The van der Waals surface area contributed by atoms with Crippen molar-refractivity contribution in [1.82, 2.24) is 5.32 Å². The normalized spacial score (nSPS) is 12.7. The van der Waals surface area contributed by atoms with Gasteiger partial charge >= 0.3 is 5.97 Å². The zero-order chi connectivity index (χ0) is 14.5. The number of carboxylic acids is 1. The molecule has 0 radical (unpaired) electrons. The van der Waals surface area contributed by atoms with Gasteiger partial charge in [0.2, 0.25) is 0 Å². The minimum Gasteiger partial charge on any atom is -0.477 e. The highest BCUT2D eigenvalue weighted by atomic mass is 32.1. The first-order valence-corrected chi connectivity index (χ1v) is 7.57. The molecule has 1 unspecified atom stereocenters. The number of aliphatic hydroxyl groups excluding tert-OH is 1. The molecule has 0 bridgehead atoms. The summed E-state index contributed by atoms with van der Waals surface area (Å²) in [5.74, 6) is -0.892. The van der Waals surface area contributed by atoms with Gasteiger partial charge in [-0.05, 0) is 23.4 Å². The summed E-state index contributed by atoms with van der Waals surface area (Å²) in [6.45, 7) is 2.97. The Balaban J connectivity index is 2.15. The number of hydrogen-bond donors (Lipinski definition) is 3. The lowest BCUT2D eigenvalue weighted by Gasteiger charge is -2.10. The third-order valence-corrected chi connectivity index (χ3v) is 4.40. The van der Waals surface area contributed by atoms with Crippen molar-refractivity contribution in [2.24, 2.45) is 0 Å². The van der Waals surface area contributed by atoms with Crippen molar-refractivity contribution in [2.75, 3.05) is 6.54 Å². The highest BCUT2D eigenvalue weighted by molar-refractivity contribution is 7.21. The van der Waals surface area contributed by atoms with E-state index in [9.17, 15) is 15.0 Å². The van der Waals surface area contributed by atoms with Crippen molar-refractivity contribution in [2.45, 2.75) is 32.4 Å². The fraction of sp³-hybridized carbons (Fsp3) is 0.400. The van der Waals surface area contributed by atoms with Crippen LogP contribution < -0.4 is 5.32 Å². The van der Waals surface area contributed by atoms with Crippen LogP contribution in [-0.4, -0.2) is 28.8 Å². The van der Waals surface area contributed by atoms with Crippen LogP contribution in [-0.2, 0) is 6.54 Å². The Morgan fingerprint density at radius 3 is 2.85 bits per heavy atom. The number of carbonyl (C=O) groups is 1. The van der Waals surface area contributed by atoms with Crippen LogP contribution in [0.5, 0.6) is 0 Å².